The lowest BCUT2D eigenvalue weighted by atomic mass is 9.96. The molecule has 132 valence electrons. The van der Waals surface area contributed by atoms with E-state index in [0.717, 1.165) is 17.8 Å². The minimum Gasteiger partial charge on any atom is -0.355 e. The first-order valence-corrected chi connectivity index (χ1v) is 9.58. The van der Waals surface area contributed by atoms with Crippen molar-refractivity contribution >= 4 is 23.2 Å². The second-order valence-corrected chi connectivity index (χ2v) is 7.26. The van der Waals surface area contributed by atoms with Gasteiger partial charge in [0.15, 0.2) is 0 Å². The van der Waals surface area contributed by atoms with Gasteiger partial charge in [-0.05, 0) is 18.4 Å². The number of aromatic nitrogens is 1. The number of hydrogen-bond acceptors (Lipinski definition) is 4. The smallest absolute Gasteiger partial charge is 0.224 e. The third-order valence-electron chi connectivity index (χ3n) is 4.51. The number of carbonyl (C=O) groups excluding carboxylic acids is 2. The van der Waals surface area contributed by atoms with E-state index in [4.69, 9.17) is 0 Å². The minimum atomic E-state index is -0.107. The predicted octanol–water partition coefficient (Wildman–Crippen LogP) is 2.28. The van der Waals surface area contributed by atoms with Crippen LogP contribution in [0, 0.1) is 5.92 Å². The van der Waals surface area contributed by atoms with Gasteiger partial charge in [-0.2, -0.15) is 0 Å². The zero-order chi connectivity index (χ0) is 17.5. The Morgan fingerprint density at radius 3 is 2.88 bits per heavy atom. The van der Waals surface area contributed by atoms with E-state index in [9.17, 15) is 9.59 Å². The number of rotatable bonds is 7. The Hall–Kier alpha value is -2.21. The third kappa shape index (κ3) is 5.13. The lowest BCUT2D eigenvalue weighted by Gasteiger charge is -2.32. The van der Waals surface area contributed by atoms with Crippen LogP contribution in [0.5, 0.6) is 0 Å². The van der Waals surface area contributed by atoms with Crippen molar-refractivity contribution in [1.82, 2.24) is 15.2 Å². The van der Waals surface area contributed by atoms with Crippen LogP contribution in [0.3, 0.4) is 0 Å². The summed E-state index contributed by atoms with van der Waals surface area (Å²) < 4.78 is 0. The molecule has 1 aliphatic heterocycles. The van der Waals surface area contributed by atoms with Crippen molar-refractivity contribution in [1.29, 1.82) is 0 Å². The molecular weight excluding hydrogens is 334 g/mol. The Kier molecular flexibility index (Phi) is 6.17. The molecule has 0 saturated carbocycles. The molecule has 1 aromatic carbocycles. The molecule has 2 heterocycles. The quantitative estimate of drug-likeness (QED) is 0.827. The fourth-order valence-electron chi connectivity index (χ4n) is 3.07. The van der Waals surface area contributed by atoms with Gasteiger partial charge in [0.05, 0.1) is 10.9 Å². The highest BCUT2D eigenvalue weighted by molar-refractivity contribution is 7.09. The number of thiazole rings is 1. The van der Waals surface area contributed by atoms with Crippen molar-refractivity contribution in [3.8, 4) is 0 Å². The molecule has 3 rings (SSSR count). The van der Waals surface area contributed by atoms with Crippen LogP contribution in [0.1, 0.15) is 23.4 Å². The summed E-state index contributed by atoms with van der Waals surface area (Å²) in [5.41, 5.74) is 1.21. The summed E-state index contributed by atoms with van der Waals surface area (Å²) in [4.78, 5) is 30.6. The van der Waals surface area contributed by atoms with E-state index >= 15 is 0 Å². The number of piperidine rings is 1. The maximum Gasteiger partial charge on any atom is 0.224 e. The number of amides is 2. The topological polar surface area (TPSA) is 62.3 Å². The monoisotopic (exact) mass is 357 g/mol. The summed E-state index contributed by atoms with van der Waals surface area (Å²) in [7, 11) is 0. The van der Waals surface area contributed by atoms with Gasteiger partial charge in [-0.3, -0.25) is 9.59 Å². The van der Waals surface area contributed by atoms with E-state index in [0.29, 0.717) is 32.5 Å². The molecule has 1 fully saturated rings. The zero-order valence-corrected chi connectivity index (χ0v) is 15.0. The predicted molar refractivity (Wildman–Crippen MR) is 98.3 cm³/mol. The van der Waals surface area contributed by atoms with Gasteiger partial charge in [0.25, 0.3) is 0 Å². The molecular formula is C19H23N3O2S. The standard InChI is InChI=1S/C19H23N3O2S/c23-18-7-6-16(19(24)21-10-8-17-20-11-13-25-17)14-22(18)12-9-15-4-2-1-3-5-15/h1-5,11,13,16H,6-10,12,14H2,(H,21,24)/t16-/m0/s1. The molecule has 0 aliphatic carbocycles. The van der Waals surface area contributed by atoms with Crippen LogP contribution in [-0.2, 0) is 22.4 Å². The maximum atomic E-state index is 12.4. The average molecular weight is 357 g/mol. The summed E-state index contributed by atoms with van der Waals surface area (Å²) in [6.07, 6.45) is 4.46. The molecule has 1 atom stereocenters. The first kappa shape index (κ1) is 17.6. The van der Waals surface area contributed by atoms with Crippen molar-refractivity contribution in [2.24, 2.45) is 5.92 Å². The Morgan fingerprint density at radius 2 is 2.12 bits per heavy atom. The van der Waals surface area contributed by atoms with Crippen LogP contribution in [0.4, 0.5) is 0 Å². The Bertz CT molecular complexity index is 688. The SMILES string of the molecule is O=C(NCCc1nccs1)[C@H]1CCC(=O)N(CCc2ccccc2)C1. The Balaban J connectivity index is 1.45. The fourth-order valence-corrected chi connectivity index (χ4v) is 3.69. The van der Waals surface area contributed by atoms with Gasteiger partial charge in [0.1, 0.15) is 0 Å². The molecule has 0 spiro atoms. The molecule has 0 radical (unpaired) electrons. The lowest BCUT2D eigenvalue weighted by Crippen LogP contribution is -2.46. The van der Waals surface area contributed by atoms with E-state index in [2.05, 4.69) is 22.4 Å². The highest BCUT2D eigenvalue weighted by Crippen LogP contribution is 2.18. The van der Waals surface area contributed by atoms with Crippen molar-refractivity contribution in [3.63, 3.8) is 0 Å². The lowest BCUT2D eigenvalue weighted by molar-refractivity contribution is -0.138. The van der Waals surface area contributed by atoms with Crippen molar-refractivity contribution in [2.75, 3.05) is 19.6 Å². The largest absolute Gasteiger partial charge is 0.355 e. The van der Waals surface area contributed by atoms with E-state index in [1.54, 1.807) is 17.5 Å². The van der Waals surface area contributed by atoms with Gasteiger partial charge in [-0.25, -0.2) is 4.98 Å². The summed E-state index contributed by atoms with van der Waals surface area (Å²) >= 11 is 1.60. The number of benzene rings is 1. The molecule has 0 unspecified atom stereocenters. The molecule has 1 aliphatic rings. The van der Waals surface area contributed by atoms with Gasteiger partial charge in [-0.1, -0.05) is 30.3 Å². The van der Waals surface area contributed by atoms with Crippen LogP contribution >= 0.6 is 11.3 Å². The first-order valence-electron chi connectivity index (χ1n) is 8.70. The Labute approximate surface area is 152 Å². The second kappa shape index (κ2) is 8.76. The van der Waals surface area contributed by atoms with Crippen molar-refractivity contribution in [2.45, 2.75) is 25.7 Å². The molecule has 0 bridgehead atoms. The van der Waals surface area contributed by atoms with Crippen LogP contribution in [-0.4, -0.2) is 41.3 Å². The molecule has 2 amide bonds. The number of hydrogen-bond donors (Lipinski definition) is 1. The van der Waals surface area contributed by atoms with E-state index < -0.39 is 0 Å². The Morgan fingerprint density at radius 1 is 1.28 bits per heavy atom. The summed E-state index contributed by atoms with van der Waals surface area (Å²) in [5, 5.41) is 5.96. The zero-order valence-electron chi connectivity index (χ0n) is 14.2. The van der Waals surface area contributed by atoms with Crippen LogP contribution in [0.2, 0.25) is 0 Å². The van der Waals surface area contributed by atoms with E-state index in [1.807, 2.05) is 28.5 Å². The van der Waals surface area contributed by atoms with Crippen molar-refractivity contribution < 1.29 is 9.59 Å². The molecule has 1 aromatic heterocycles. The maximum absolute atomic E-state index is 12.4. The van der Waals surface area contributed by atoms with E-state index in [1.165, 1.54) is 5.56 Å². The highest BCUT2D eigenvalue weighted by Gasteiger charge is 2.29. The van der Waals surface area contributed by atoms with Gasteiger partial charge in [-0.15, -0.1) is 11.3 Å². The summed E-state index contributed by atoms with van der Waals surface area (Å²) in [5.74, 6) is 0.0984. The molecule has 1 N–H and O–H groups in total. The van der Waals surface area contributed by atoms with Gasteiger partial charge < -0.3 is 10.2 Å². The summed E-state index contributed by atoms with van der Waals surface area (Å²) in [6.45, 7) is 1.79. The number of nitrogens with one attached hydrogen (secondary N) is 1. The molecule has 1 saturated heterocycles. The van der Waals surface area contributed by atoms with Crippen molar-refractivity contribution in [3.05, 3.63) is 52.5 Å². The van der Waals surface area contributed by atoms with Gasteiger partial charge >= 0.3 is 0 Å². The molecule has 5 nitrogen and oxygen atoms in total. The number of carbonyl (C=O) groups is 2. The van der Waals surface area contributed by atoms with Crippen LogP contribution < -0.4 is 5.32 Å². The number of nitrogens with zero attached hydrogens (tertiary/aromatic N) is 2. The second-order valence-electron chi connectivity index (χ2n) is 6.28. The molecule has 6 heteroatoms. The molecule has 2 aromatic rings. The van der Waals surface area contributed by atoms with Gasteiger partial charge in [0, 0.05) is 44.1 Å². The third-order valence-corrected chi connectivity index (χ3v) is 5.35. The average Bonchev–Trinajstić information content (AvgIpc) is 3.15. The normalized spacial score (nSPS) is 17.5. The summed E-state index contributed by atoms with van der Waals surface area (Å²) in [6, 6.07) is 10.1. The minimum absolute atomic E-state index is 0.0498. The molecule has 25 heavy (non-hydrogen) atoms. The van der Waals surface area contributed by atoms with Crippen LogP contribution in [0.25, 0.3) is 0 Å². The van der Waals surface area contributed by atoms with Gasteiger partial charge in [0.2, 0.25) is 11.8 Å². The number of likely N-dealkylation sites (tertiary alicyclic amines) is 1. The highest BCUT2D eigenvalue weighted by atomic mass is 32.1. The van der Waals surface area contributed by atoms with E-state index in [-0.39, 0.29) is 17.7 Å². The first-order chi connectivity index (χ1) is 12.2. The van der Waals surface area contributed by atoms with Crippen LogP contribution in [0.15, 0.2) is 41.9 Å². The fraction of sp³-hybridized carbons (Fsp3) is 0.421.